The second-order valence-electron chi connectivity index (χ2n) is 7.21. The first-order chi connectivity index (χ1) is 13.8. The topological polar surface area (TPSA) is 37.6 Å². The molecule has 0 atom stereocenters. The fraction of sp³-hybridized carbons (Fsp3) is 0.217. The molecule has 1 fully saturated rings. The van der Waals surface area contributed by atoms with Gasteiger partial charge >= 0.3 is 0 Å². The molecule has 4 aromatic rings. The van der Waals surface area contributed by atoms with E-state index in [2.05, 4.69) is 52.3 Å². The Morgan fingerprint density at radius 2 is 1.68 bits per heavy atom. The van der Waals surface area contributed by atoms with E-state index in [9.17, 15) is 4.79 Å². The summed E-state index contributed by atoms with van der Waals surface area (Å²) in [6.07, 6.45) is 5.11. The minimum Gasteiger partial charge on any atom is -0.339 e. The second-order valence-corrected chi connectivity index (χ2v) is 7.99. The van der Waals surface area contributed by atoms with Crippen molar-refractivity contribution in [2.45, 2.75) is 19.3 Å². The van der Waals surface area contributed by atoms with Gasteiger partial charge in [-0.05, 0) is 59.3 Å². The van der Waals surface area contributed by atoms with Crippen LogP contribution in [-0.4, -0.2) is 33.5 Å². The van der Waals surface area contributed by atoms with E-state index in [1.54, 1.807) is 17.5 Å². The zero-order valence-corrected chi connectivity index (χ0v) is 16.4. The molecule has 1 aliphatic heterocycles. The molecule has 140 valence electrons. The number of thiophene rings is 1. The first-order valence-corrected chi connectivity index (χ1v) is 10.6. The Hall–Kier alpha value is -2.92. The van der Waals surface area contributed by atoms with Crippen LogP contribution in [0, 0.1) is 0 Å². The highest BCUT2D eigenvalue weighted by atomic mass is 32.1. The van der Waals surface area contributed by atoms with Crippen LogP contribution in [0.25, 0.3) is 27.9 Å². The zero-order valence-electron chi connectivity index (χ0n) is 15.5. The van der Waals surface area contributed by atoms with Crippen molar-refractivity contribution < 1.29 is 4.79 Å². The lowest BCUT2D eigenvalue weighted by Crippen LogP contribution is -2.35. The number of fused-ring (bicyclic) bond motifs is 1. The number of carbonyl (C=O) groups is 1. The third kappa shape index (κ3) is 3.02. The van der Waals surface area contributed by atoms with Gasteiger partial charge in [-0.3, -0.25) is 4.79 Å². The maximum atomic E-state index is 13.0. The van der Waals surface area contributed by atoms with Gasteiger partial charge in [-0.1, -0.05) is 30.3 Å². The summed E-state index contributed by atoms with van der Waals surface area (Å²) < 4.78 is 1.89. The van der Waals surface area contributed by atoms with Gasteiger partial charge < -0.3 is 4.90 Å². The van der Waals surface area contributed by atoms with Crippen molar-refractivity contribution in [2.75, 3.05) is 13.1 Å². The van der Waals surface area contributed by atoms with Crippen LogP contribution in [0.3, 0.4) is 0 Å². The highest BCUT2D eigenvalue weighted by molar-refractivity contribution is 7.08. The van der Waals surface area contributed by atoms with Crippen LogP contribution in [0.2, 0.25) is 0 Å². The van der Waals surface area contributed by atoms with E-state index >= 15 is 0 Å². The normalized spacial score (nSPS) is 14.5. The lowest BCUT2D eigenvalue weighted by Gasteiger charge is -2.26. The van der Waals surface area contributed by atoms with Crippen molar-refractivity contribution in [1.82, 2.24) is 14.5 Å². The van der Waals surface area contributed by atoms with Gasteiger partial charge in [0.15, 0.2) is 0 Å². The number of amides is 1. The predicted octanol–water partition coefficient (Wildman–Crippen LogP) is 5.36. The number of hydrogen-bond acceptors (Lipinski definition) is 3. The van der Waals surface area contributed by atoms with Crippen molar-refractivity contribution in [1.29, 1.82) is 0 Å². The van der Waals surface area contributed by atoms with Crippen LogP contribution in [0.4, 0.5) is 0 Å². The molecule has 5 rings (SSSR count). The SMILES string of the molecule is O=C(c1cnn2c(-c3ccc(-c4ccsc4)cc3)cccc12)N1CCCCC1. The molecule has 5 heteroatoms. The fourth-order valence-corrected chi connectivity index (χ4v) is 4.59. The zero-order chi connectivity index (χ0) is 18.9. The van der Waals surface area contributed by atoms with Crippen molar-refractivity contribution >= 4 is 22.8 Å². The van der Waals surface area contributed by atoms with E-state index < -0.39 is 0 Å². The molecule has 0 unspecified atom stereocenters. The molecule has 28 heavy (non-hydrogen) atoms. The first kappa shape index (κ1) is 17.2. The van der Waals surface area contributed by atoms with E-state index in [1.165, 1.54) is 17.5 Å². The Morgan fingerprint density at radius 1 is 0.893 bits per heavy atom. The number of nitrogens with zero attached hydrogens (tertiary/aromatic N) is 3. The highest BCUT2D eigenvalue weighted by Gasteiger charge is 2.22. The van der Waals surface area contributed by atoms with Crippen LogP contribution < -0.4 is 0 Å². The molecule has 4 nitrogen and oxygen atoms in total. The Morgan fingerprint density at radius 3 is 2.43 bits per heavy atom. The quantitative estimate of drug-likeness (QED) is 0.475. The molecule has 1 aromatic carbocycles. The summed E-state index contributed by atoms with van der Waals surface area (Å²) >= 11 is 1.70. The summed E-state index contributed by atoms with van der Waals surface area (Å²) in [7, 11) is 0. The maximum Gasteiger partial charge on any atom is 0.257 e. The van der Waals surface area contributed by atoms with E-state index in [0.29, 0.717) is 5.56 Å². The lowest BCUT2D eigenvalue weighted by molar-refractivity contribution is 0.0726. The van der Waals surface area contributed by atoms with Crippen molar-refractivity contribution in [3.8, 4) is 22.4 Å². The van der Waals surface area contributed by atoms with E-state index in [1.807, 2.05) is 21.5 Å². The molecular formula is C23H21N3OS. The molecule has 4 heterocycles. The number of piperidine rings is 1. The number of aromatic nitrogens is 2. The Labute approximate surface area is 168 Å². The minimum absolute atomic E-state index is 0.0969. The van der Waals surface area contributed by atoms with Crippen LogP contribution in [0.15, 0.2) is 65.5 Å². The molecule has 0 N–H and O–H groups in total. The minimum atomic E-state index is 0.0969. The van der Waals surface area contributed by atoms with E-state index in [4.69, 9.17) is 0 Å². The number of pyridine rings is 1. The molecule has 0 radical (unpaired) electrons. The third-order valence-corrected chi connectivity index (χ3v) is 6.13. The summed E-state index contributed by atoms with van der Waals surface area (Å²) in [6, 6.07) is 16.7. The van der Waals surface area contributed by atoms with Crippen LogP contribution in [0.5, 0.6) is 0 Å². The number of carbonyl (C=O) groups excluding carboxylic acids is 1. The van der Waals surface area contributed by atoms with Gasteiger partial charge in [-0.25, -0.2) is 4.52 Å². The molecule has 1 amide bonds. The Kier molecular flexibility index (Phi) is 4.45. The van der Waals surface area contributed by atoms with Crippen molar-refractivity contribution in [2.24, 2.45) is 0 Å². The predicted molar refractivity (Wildman–Crippen MR) is 114 cm³/mol. The van der Waals surface area contributed by atoms with E-state index in [-0.39, 0.29) is 5.91 Å². The molecule has 1 aliphatic rings. The molecule has 0 aliphatic carbocycles. The van der Waals surface area contributed by atoms with Gasteiger partial charge in [0, 0.05) is 18.7 Å². The van der Waals surface area contributed by atoms with Crippen LogP contribution in [0.1, 0.15) is 29.6 Å². The molecular weight excluding hydrogens is 366 g/mol. The monoisotopic (exact) mass is 387 g/mol. The largest absolute Gasteiger partial charge is 0.339 e. The van der Waals surface area contributed by atoms with Gasteiger partial charge in [0.1, 0.15) is 0 Å². The summed E-state index contributed by atoms with van der Waals surface area (Å²) in [5.74, 6) is 0.0969. The molecule has 0 spiro atoms. The van der Waals surface area contributed by atoms with Crippen molar-refractivity contribution in [3.63, 3.8) is 0 Å². The lowest BCUT2D eigenvalue weighted by atomic mass is 10.0. The third-order valence-electron chi connectivity index (χ3n) is 5.45. The second kappa shape index (κ2) is 7.24. The number of benzene rings is 1. The van der Waals surface area contributed by atoms with Crippen LogP contribution >= 0.6 is 11.3 Å². The molecule has 3 aromatic heterocycles. The van der Waals surface area contributed by atoms with Gasteiger partial charge in [-0.15, -0.1) is 0 Å². The Bertz CT molecular complexity index is 1110. The highest BCUT2D eigenvalue weighted by Crippen LogP contribution is 2.27. The summed E-state index contributed by atoms with van der Waals surface area (Å²) in [6.45, 7) is 1.69. The number of likely N-dealkylation sites (tertiary alicyclic amines) is 1. The number of hydrogen-bond donors (Lipinski definition) is 0. The van der Waals surface area contributed by atoms with Gasteiger partial charge in [0.2, 0.25) is 0 Å². The standard InChI is InChI=1S/C23H21N3OS/c27-23(25-12-2-1-3-13-25)20-15-24-26-21(5-4-6-22(20)26)18-9-7-17(8-10-18)19-11-14-28-16-19/h4-11,14-16H,1-3,12-13H2. The van der Waals surface area contributed by atoms with E-state index in [0.717, 1.165) is 42.7 Å². The molecule has 1 saturated heterocycles. The van der Waals surface area contributed by atoms with Gasteiger partial charge in [-0.2, -0.15) is 16.4 Å². The average Bonchev–Trinajstić information content (AvgIpc) is 3.44. The van der Waals surface area contributed by atoms with Crippen molar-refractivity contribution in [3.05, 3.63) is 71.1 Å². The fourth-order valence-electron chi connectivity index (χ4n) is 3.92. The molecule has 0 saturated carbocycles. The summed E-state index contributed by atoms with van der Waals surface area (Å²) in [5, 5.41) is 8.80. The van der Waals surface area contributed by atoms with Gasteiger partial charge in [0.25, 0.3) is 5.91 Å². The van der Waals surface area contributed by atoms with Crippen LogP contribution in [-0.2, 0) is 0 Å². The average molecular weight is 388 g/mol. The smallest absolute Gasteiger partial charge is 0.257 e. The molecule has 0 bridgehead atoms. The summed E-state index contributed by atoms with van der Waals surface area (Å²) in [5.41, 5.74) is 6.09. The number of rotatable bonds is 3. The van der Waals surface area contributed by atoms with Gasteiger partial charge in [0.05, 0.1) is 23.0 Å². The first-order valence-electron chi connectivity index (χ1n) is 9.70. The maximum absolute atomic E-state index is 13.0. The summed E-state index contributed by atoms with van der Waals surface area (Å²) in [4.78, 5) is 14.9. The Balaban J connectivity index is 1.51.